The number of rotatable bonds is 2. The lowest BCUT2D eigenvalue weighted by Crippen LogP contribution is -2.21. The number of nitrogens with zero attached hydrogens (tertiary/aromatic N) is 1. The fourth-order valence-electron chi connectivity index (χ4n) is 1.69. The first-order valence-corrected chi connectivity index (χ1v) is 4.74. The molecule has 1 aromatic rings. The Balaban J connectivity index is 3.33. The molecule has 1 unspecified atom stereocenters. The van der Waals surface area contributed by atoms with Crippen LogP contribution in [0.15, 0.2) is 16.9 Å². The van der Waals surface area contributed by atoms with Crippen LogP contribution in [0.3, 0.4) is 0 Å². The smallest absolute Gasteiger partial charge is 0.250 e. The minimum absolute atomic E-state index is 0.0842. The Hall–Kier alpha value is -1.05. The molecule has 0 N–H and O–H groups in total. The van der Waals surface area contributed by atoms with Crippen LogP contribution in [0, 0.1) is 6.92 Å². The lowest BCUT2D eigenvalue weighted by Gasteiger charge is -2.16. The molecule has 0 saturated carbocycles. The highest BCUT2D eigenvalue weighted by Crippen LogP contribution is 2.19. The van der Waals surface area contributed by atoms with E-state index in [9.17, 15) is 4.79 Å². The van der Waals surface area contributed by atoms with Gasteiger partial charge in [-0.3, -0.25) is 4.79 Å². The van der Waals surface area contributed by atoms with Gasteiger partial charge in [-0.05, 0) is 24.8 Å². The Morgan fingerprint density at radius 1 is 1.46 bits per heavy atom. The summed E-state index contributed by atoms with van der Waals surface area (Å²) in [5.41, 5.74) is 2.45. The summed E-state index contributed by atoms with van der Waals surface area (Å²) < 4.78 is 1.75. The van der Waals surface area contributed by atoms with Crippen LogP contribution in [-0.2, 0) is 7.05 Å². The van der Waals surface area contributed by atoms with Crippen molar-refractivity contribution >= 4 is 0 Å². The number of aryl methyl sites for hydroxylation is 1. The predicted octanol–water partition coefficient (Wildman–Crippen LogP) is 2.21. The van der Waals surface area contributed by atoms with E-state index in [-0.39, 0.29) is 5.56 Å². The van der Waals surface area contributed by atoms with Gasteiger partial charge in [0.15, 0.2) is 0 Å². The van der Waals surface area contributed by atoms with Gasteiger partial charge in [0, 0.05) is 18.8 Å². The molecule has 0 radical (unpaired) electrons. The van der Waals surface area contributed by atoms with Crippen molar-refractivity contribution < 1.29 is 0 Å². The summed E-state index contributed by atoms with van der Waals surface area (Å²) in [5.74, 6) is 0.457. The summed E-state index contributed by atoms with van der Waals surface area (Å²) in [6, 6.07) is 3.53. The zero-order valence-corrected chi connectivity index (χ0v) is 8.79. The Kier molecular flexibility index (Phi) is 2.91. The van der Waals surface area contributed by atoms with Crippen molar-refractivity contribution in [3.8, 4) is 0 Å². The van der Waals surface area contributed by atoms with E-state index in [2.05, 4.69) is 20.8 Å². The van der Waals surface area contributed by atoms with Crippen LogP contribution < -0.4 is 5.56 Å². The lowest BCUT2D eigenvalue weighted by atomic mass is 10.00. The molecule has 0 spiro atoms. The third-order valence-corrected chi connectivity index (χ3v) is 2.65. The topological polar surface area (TPSA) is 22.0 Å². The van der Waals surface area contributed by atoms with Crippen LogP contribution in [0.2, 0.25) is 0 Å². The minimum atomic E-state index is 0.0842. The first kappa shape index (κ1) is 10.0. The first-order valence-electron chi connectivity index (χ1n) is 4.74. The molecular formula is C11H17NO. The average molecular weight is 179 g/mol. The summed E-state index contributed by atoms with van der Waals surface area (Å²) in [4.78, 5) is 11.4. The van der Waals surface area contributed by atoms with Crippen LogP contribution >= 0.6 is 0 Å². The normalized spacial score (nSPS) is 12.9. The summed E-state index contributed by atoms with van der Waals surface area (Å²) in [7, 11) is 1.84. The van der Waals surface area contributed by atoms with Crippen molar-refractivity contribution in [2.24, 2.45) is 7.05 Å². The lowest BCUT2D eigenvalue weighted by molar-refractivity contribution is 0.638. The van der Waals surface area contributed by atoms with E-state index in [1.807, 2.05) is 13.1 Å². The first-order chi connectivity index (χ1) is 6.07. The second-order valence-corrected chi connectivity index (χ2v) is 3.61. The van der Waals surface area contributed by atoms with E-state index in [1.165, 1.54) is 5.56 Å². The second kappa shape index (κ2) is 3.77. The van der Waals surface area contributed by atoms with Gasteiger partial charge in [0.1, 0.15) is 0 Å². The van der Waals surface area contributed by atoms with Crippen LogP contribution in [-0.4, -0.2) is 4.57 Å². The molecule has 0 bridgehead atoms. The third kappa shape index (κ3) is 1.82. The van der Waals surface area contributed by atoms with Gasteiger partial charge in [0.05, 0.1) is 0 Å². The number of hydrogen-bond donors (Lipinski definition) is 0. The van der Waals surface area contributed by atoms with Crippen LogP contribution in [0.5, 0.6) is 0 Å². The second-order valence-electron chi connectivity index (χ2n) is 3.61. The van der Waals surface area contributed by atoms with E-state index < -0.39 is 0 Å². The molecule has 0 aliphatic carbocycles. The van der Waals surface area contributed by atoms with E-state index in [4.69, 9.17) is 0 Å². The highest BCUT2D eigenvalue weighted by atomic mass is 16.1. The third-order valence-electron chi connectivity index (χ3n) is 2.65. The Morgan fingerprint density at radius 2 is 2.08 bits per heavy atom. The van der Waals surface area contributed by atoms with Gasteiger partial charge in [-0.15, -0.1) is 0 Å². The van der Waals surface area contributed by atoms with E-state index in [0.717, 1.165) is 12.1 Å². The minimum Gasteiger partial charge on any atom is -0.315 e. The SMILES string of the molecule is CCC(C)c1c(C)ccc(=O)n1C. The van der Waals surface area contributed by atoms with Gasteiger partial charge in [0.25, 0.3) is 0 Å². The quantitative estimate of drug-likeness (QED) is 0.682. The predicted molar refractivity (Wildman–Crippen MR) is 55.1 cm³/mol. The highest BCUT2D eigenvalue weighted by molar-refractivity contribution is 5.22. The number of hydrogen-bond acceptors (Lipinski definition) is 1. The van der Waals surface area contributed by atoms with Gasteiger partial charge >= 0.3 is 0 Å². The molecule has 72 valence electrons. The van der Waals surface area contributed by atoms with Crippen molar-refractivity contribution in [2.45, 2.75) is 33.1 Å². The molecule has 1 aromatic heterocycles. The van der Waals surface area contributed by atoms with Gasteiger partial charge < -0.3 is 4.57 Å². The van der Waals surface area contributed by atoms with Gasteiger partial charge in [-0.2, -0.15) is 0 Å². The van der Waals surface area contributed by atoms with Crippen molar-refractivity contribution in [2.75, 3.05) is 0 Å². The van der Waals surface area contributed by atoms with Gasteiger partial charge in [-0.1, -0.05) is 19.9 Å². The molecular weight excluding hydrogens is 162 g/mol. The summed E-state index contributed by atoms with van der Waals surface area (Å²) >= 11 is 0. The molecule has 0 aliphatic rings. The zero-order valence-electron chi connectivity index (χ0n) is 8.79. The highest BCUT2D eigenvalue weighted by Gasteiger charge is 2.09. The van der Waals surface area contributed by atoms with Crippen LogP contribution in [0.4, 0.5) is 0 Å². The van der Waals surface area contributed by atoms with Crippen LogP contribution in [0.1, 0.15) is 37.4 Å². The molecule has 0 saturated heterocycles. The zero-order chi connectivity index (χ0) is 10.0. The van der Waals surface area contributed by atoms with Crippen molar-refractivity contribution in [1.82, 2.24) is 4.57 Å². The van der Waals surface area contributed by atoms with Gasteiger partial charge in [0.2, 0.25) is 5.56 Å². The maximum Gasteiger partial charge on any atom is 0.250 e. The number of aromatic nitrogens is 1. The van der Waals surface area contributed by atoms with E-state index in [0.29, 0.717) is 5.92 Å². The fraction of sp³-hybridized carbons (Fsp3) is 0.545. The number of pyridine rings is 1. The summed E-state index contributed by atoms with van der Waals surface area (Å²) in [6.45, 7) is 6.35. The Morgan fingerprint density at radius 3 is 2.62 bits per heavy atom. The molecule has 2 heteroatoms. The van der Waals surface area contributed by atoms with E-state index >= 15 is 0 Å². The maximum absolute atomic E-state index is 11.4. The molecule has 2 nitrogen and oxygen atoms in total. The molecule has 1 atom stereocenters. The Bertz CT molecular complexity index is 352. The van der Waals surface area contributed by atoms with Gasteiger partial charge in [-0.25, -0.2) is 0 Å². The molecule has 0 amide bonds. The molecule has 0 fully saturated rings. The van der Waals surface area contributed by atoms with Crippen LogP contribution in [0.25, 0.3) is 0 Å². The summed E-state index contributed by atoms with van der Waals surface area (Å²) in [6.07, 6.45) is 1.07. The monoisotopic (exact) mass is 179 g/mol. The molecule has 1 heterocycles. The molecule has 0 aliphatic heterocycles. The molecule has 0 aromatic carbocycles. The largest absolute Gasteiger partial charge is 0.315 e. The maximum atomic E-state index is 11.4. The Labute approximate surface area is 79.2 Å². The van der Waals surface area contributed by atoms with Crippen molar-refractivity contribution in [3.63, 3.8) is 0 Å². The standard InChI is InChI=1S/C11H17NO/c1-5-8(2)11-9(3)6-7-10(13)12(11)4/h6-8H,5H2,1-4H3. The van der Waals surface area contributed by atoms with Crippen molar-refractivity contribution in [1.29, 1.82) is 0 Å². The summed E-state index contributed by atoms with van der Waals surface area (Å²) in [5, 5.41) is 0. The van der Waals surface area contributed by atoms with Crippen molar-refractivity contribution in [3.05, 3.63) is 33.7 Å². The fourth-order valence-corrected chi connectivity index (χ4v) is 1.69. The molecule has 13 heavy (non-hydrogen) atoms. The molecule has 1 rings (SSSR count). The van der Waals surface area contributed by atoms with E-state index in [1.54, 1.807) is 10.6 Å². The average Bonchev–Trinajstić information content (AvgIpc) is 2.12.